The molecule has 1 unspecified atom stereocenters. The van der Waals surface area contributed by atoms with Gasteiger partial charge in [-0.2, -0.15) is 5.10 Å². The van der Waals surface area contributed by atoms with E-state index >= 15 is 0 Å². The summed E-state index contributed by atoms with van der Waals surface area (Å²) in [6.07, 6.45) is 8.42. The number of rotatable bonds is 5. The molecule has 2 heterocycles. The van der Waals surface area contributed by atoms with Crippen molar-refractivity contribution in [3.63, 3.8) is 0 Å². The van der Waals surface area contributed by atoms with Gasteiger partial charge in [-0.3, -0.25) is 4.79 Å². The van der Waals surface area contributed by atoms with Crippen LogP contribution >= 0.6 is 0 Å². The minimum atomic E-state index is -0.600. The van der Waals surface area contributed by atoms with Gasteiger partial charge < -0.3 is 9.88 Å². The van der Waals surface area contributed by atoms with Crippen molar-refractivity contribution in [2.45, 2.75) is 38.1 Å². The molecule has 168 valence electrons. The summed E-state index contributed by atoms with van der Waals surface area (Å²) in [6, 6.07) is 15.6. The van der Waals surface area contributed by atoms with Crippen molar-refractivity contribution in [2.24, 2.45) is 7.05 Å². The van der Waals surface area contributed by atoms with Gasteiger partial charge in [-0.25, -0.2) is 14.1 Å². The number of nitrogens with zero attached hydrogens (tertiary/aromatic N) is 4. The van der Waals surface area contributed by atoms with Gasteiger partial charge >= 0.3 is 0 Å². The Morgan fingerprint density at radius 3 is 2.64 bits per heavy atom. The largest absolute Gasteiger partial charge is 0.337 e. The summed E-state index contributed by atoms with van der Waals surface area (Å²) in [5, 5.41) is 7.87. The van der Waals surface area contributed by atoms with Crippen molar-refractivity contribution in [3.8, 4) is 5.69 Å². The highest BCUT2D eigenvalue weighted by molar-refractivity contribution is 5.94. The number of hydrogen-bond acceptors (Lipinski definition) is 3. The summed E-state index contributed by atoms with van der Waals surface area (Å²) in [5.41, 5.74) is 4.12. The first-order chi connectivity index (χ1) is 16.1. The zero-order valence-electron chi connectivity index (χ0n) is 18.5. The topological polar surface area (TPSA) is 64.7 Å². The van der Waals surface area contributed by atoms with Crippen LogP contribution in [0.4, 0.5) is 4.39 Å². The molecule has 0 bridgehead atoms. The lowest BCUT2D eigenvalue weighted by Gasteiger charge is -2.19. The van der Waals surface area contributed by atoms with Crippen LogP contribution in [0.3, 0.4) is 0 Å². The van der Waals surface area contributed by atoms with Gasteiger partial charge in [0.05, 0.1) is 5.69 Å². The first-order valence-corrected chi connectivity index (χ1v) is 11.3. The molecule has 2 aromatic carbocycles. The third-order valence-electron chi connectivity index (χ3n) is 6.22. The minimum absolute atomic E-state index is 0.278. The summed E-state index contributed by atoms with van der Waals surface area (Å²) in [4.78, 5) is 18.1. The Bertz CT molecular complexity index is 1280. The van der Waals surface area contributed by atoms with Gasteiger partial charge in [0.15, 0.2) is 5.69 Å². The van der Waals surface area contributed by atoms with Gasteiger partial charge in [0.1, 0.15) is 17.7 Å². The summed E-state index contributed by atoms with van der Waals surface area (Å²) in [6.45, 7) is 0. The molecule has 0 spiro atoms. The lowest BCUT2D eigenvalue weighted by molar-refractivity contribution is 0.0934. The first kappa shape index (κ1) is 21.1. The van der Waals surface area contributed by atoms with Crippen molar-refractivity contribution < 1.29 is 9.18 Å². The molecule has 0 saturated heterocycles. The number of aromatic nitrogens is 4. The van der Waals surface area contributed by atoms with E-state index < -0.39 is 6.04 Å². The Balaban J connectivity index is 1.55. The van der Waals surface area contributed by atoms with E-state index in [1.165, 1.54) is 12.1 Å². The summed E-state index contributed by atoms with van der Waals surface area (Å²) in [5.74, 6) is -0.00851. The Labute approximate surface area is 192 Å². The summed E-state index contributed by atoms with van der Waals surface area (Å²) < 4.78 is 17.8. The number of halogens is 1. The third-order valence-corrected chi connectivity index (χ3v) is 6.22. The van der Waals surface area contributed by atoms with Gasteiger partial charge in [-0.05, 0) is 55.5 Å². The fourth-order valence-electron chi connectivity index (χ4n) is 4.58. The van der Waals surface area contributed by atoms with E-state index in [0.717, 1.165) is 49.0 Å². The SMILES string of the molecule is Cn1ccnc1C(NC(=O)c1nn(-c2ccccc2)c2c1CCCCC2)c1cccc(F)c1. The molecule has 0 aliphatic heterocycles. The van der Waals surface area contributed by atoms with Crippen molar-refractivity contribution in [1.82, 2.24) is 24.6 Å². The molecular weight excluding hydrogens is 417 g/mol. The predicted octanol–water partition coefficient (Wildman–Crippen LogP) is 4.53. The predicted molar refractivity (Wildman–Crippen MR) is 124 cm³/mol. The fourth-order valence-corrected chi connectivity index (χ4v) is 4.58. The van der Waals surface area contributed by atoms with Gasteiger partial charge in [0.25, 0.3) is 5.91 Å². The number of hydrogen-bond donors (Lipinski definition) is 1. The molecule has 1 aliphatic rings. The number of aryl methyl sites for hydroxylation is 1. The molecule has 5 rings (SSSR count). The number of amides is 1. The number of fused-ring (bicyclic) bond motifs is 1. The summed E-state index contributed by atoms with van der Waals surface area (Å²) in [7, 11) is 1.86. The van der Waals surface area contributed by atoms with Crippen LogP contribution in [-0.4, -0.2) is 25.2 Å². The molecule has 1 aliphatic carbocycles. The van der Waals surface area contributed by atoms with Gasteiger partial charge in [0, 0.05) is 30.7 Å². The number of imidazole rings is 1. The van der Waals surface area contributed by atoms with Crippen LogP contribution in [-0.2, 0) is 19.9 Å². The third kappa shape index (κ3) is 4.18. The second kappa shape index (κ2) is 9.02. The highest BCUT2D eigenvalue weighted by Gasteiger charge is 2.28. The normalized spacial score (nSPS) is 14.4. The molecule has 1 N–H and O–H groups in total. The molecule has 1 atom stereocenters. The average molecular weight is 444 g/mol. The maximum atomic E-state index is 14.0. The Kier molecular flexibility index (Phi) is 5.77. The van der Waals surface area contributed by atoms with Crippen LogP contribution in [0, 0.1) is 5.82 Å². The van der Waals surface area contributed by atoms with Crippen LogP contribution < -0.4 is 5.32 Å². The number of para-hydroxylation sites is 1. The highest BCUT2D eigenvalue weighted by Crippen LogP contribution is 2.28. The zero-order valence-corrected chi connectivity index (χ0v) is 18.5. The molecule has 2 aromatic heterocycles. The first-order valence-electron chi connectivity index (χ1n) is 11.3. The maximum Gasteiger partial charge on any atom is 0.272 e. The number of carbonyl (C=O) groups excluding carboxylic acids is 1. The van der Waals surface area contributed by atoms with Crippen LogP contribution in [0.1, 0.15) is 58.4 Å². The van der Waals surface area contributed by atoms with E-state index in [4.69, 9.17) is 5.10 Å². The Hall–Kier alpha value is -3.74. The molecule has 7 heteroatoms. The van der Waals surface area contributed by atoms with E-state index in [-0.39, 0.29) is 11.7 Å². The molecule has 0 radical (unpaired) electrons. The second-order valence-corrected chi connectivity index (χ2v) is 8.44. The van der Waals surface area contributed by atoms with E-state index in [0.29, 0.717) is 17.1 Å². The Morgan fingerprint density at radius 2 is 1.88 bits per heavy atom. The summed E-state index contributed by atoms with van der Waals surface area (Å²) >= 11 is 0. The second-order valence-electron chi connectivity index (χ2n) is 8.44. The Morgan fingerprint density at radius 1 is 1.06 bits per heavy atom. The molecule has 33 heavy (non-hydrogen) atoms. The quantitative estimate of drug-likeness (QED) is 0.461. The minimum Gasteiger partial charge on any atom is -0.337 e. The van der Waals surface area contributed by atoms with Crippen molar-refractivity contribution in [3.05, 3.63) is 101 Å². The average Bonchev–Trinajstić information content (AvgIpc) is 3.33. The van der Waals surface area contributed by atoms with Crippen molar-refractivity contribution >= 4 is 5.91 Å². The van der Waals surface area contributed by atoms with Crippen molar-refractivity contribution in [2.75, 3.05) is 0 Å². The van der Waals surface area contributed by atoms with Crippen molar-refractivity contribution in [1.29, 1.82) is 0 Å². The molecular formula is C26H26FN5O. The smallest absolute Gasteiger partial charge is 0.272 e. The molecule has 1 amide bonds. The molecule has 0 saturated carbocycles. The lowest BCUT2D eigenvalue weighted by atomic mass is 10.0. The fraction of sp³-hybridized carbons (Fsp3) is 0.269. The van der Waals surface area contributed by atoms with Gasteiger partial charge in [0.2, 0.25) is 0 Å². The van der Waals surface area contributed by atoms with E-state index in [1.54, 1.807) is 18.3 Å². The standard InChI is InChI=1S/C26H26FN5O/c1-31-16-15-28-25(31)23(18-9-8-10-19(27)17-18)29-26(33)24-21-13-6-3-7-14-22(21)32(30-24)20-11-4-2-5-12-20/h2,4-5,8-12,15-17,23H,3,6-7,13-14H2,1H3,(H,29,33). The van der Waals surface area contributed by atoms with Gasteiger partial charge in [-0.15, -0.1) is 0 Å². The van der Waals surface area contributed by atoms with Crippen LogP contribution in [0.2, 0.25) is 0 Å². The van der Waals surface area contributed by atoms with E-state index in [2.05, 4.69) is 10.3 Å². The monoisotopic (exact) mass is 443 g/mol. The molecule has 6 nitrogen and oxygen atoms in total. The molecule has 0 fully saturated rings. The van der Waals surface area contributed by atoms with Crippen LogP contribution in [0.15, 0.2) is 67.0 Å². The van der Waals surface area contributed by atoms with Gasteiger partial charge in [-0.1, -0.05) is 36.8 Å². The lowest BCUT2D eigenvalue weighted by Crippen LogP contribution is -2.32. The van der Waals surface area contributed by atoms with E-state index in [1.807, 2.05) is 52.8 Å². The number of benzene rings is 2. The maximum absolute atomic E-state index is 14.0. The van der Waals surface area contributed by atoms with Crippen LogP contribution in [0.25, 0.3) is 5.69 Å². The number of nitrogens with one attached hydrogen (secondary N) is 1. The zero-order chi connectivity index (χ0) is 22.8. The highest BCUT2D eigenvalue weighted by atomic mass is 19.1. The molecule has 4 aromatic rings. The van der Waals surface area contributed by atoms with E-state index in [9.17, 15) is 9.18 Å². The van der Waals surface area contributed by atoms with Crippen LogP contribution in [0.5, 0.6) is 0 Å². The number of carbonyl (C=O) groups is 1.